The topological polar surface area (TPSA) is 60.4 Å². The summed E-state index contributed by atoms with van der Waals surface area (Å²) in [5.74, 6) is 1.72. The monoisotopic (exact) mass is 345 g/mol. The van der Waals surface area contributed by atoms with Crippen LogP contribution in [0.3, 0.4) is 0 Å². The van der Waals surface area contributed by atoms with E-state index in [1.54, 1.807) is 6.20 Å². The second kappa shape index (κ2) is 6.16. The number of hydrogen-bond acceptors (Lipinski definition) is 4. The summed E-state index contributed by atoms with van der Waals surface area (Å²) < 4.78 is 20.5. The van der Waals surface area contributed by atoms with Crippen molar-refractivity contribution in [2.24, 2.45) is 0 Å². The van der Waals surface area contributed by atoms with Crippen molar-refractivity contribution < 1.29 is 8.63 Å². The number of hydrogen-bond donors (Lipinski definition) is 0. The second-order valence-electron chi connectivity index (χ2n) is 7.11. The minimum Gasteiger partial charge on any atom is -0.444 e. The van der Waals surface area contributed by atoms with E-state index in [2.05, 4.69) is 30.7 Å². The van der Waals surface area contributed by atoms with Gasteiger partial charge < -0.3 is 8.82 Å². The summed E-state index contributed by atoms with van der Waals surface area (Å²) in [6.07, 6.45) is 3.68. The Kier molecular flexibility index (Phi) is 4.34. The van der Waals surface area contributed by atoms with Crippen molar-refractivity contribution in [1.82, 2.24) is 14.4 Å². The third-order valence-electron chi connectivity index (χ3n) is 4.04. The van der Waals surface area contributed by atoms with Crippen LogP contribution in [0.4, 0.5) is 0 Å². The summed E-state index contributed by atoms with van der Waals surface area (Å²) in [4.78, 5) is 8.87. The van der Waals surface area contributed by atoms with Gasteiger partial charge in [-0.3, -0.25) is 4.21 Å². The zero-order valence-electron chi connectivity index (χ0n) is 14.7. The SMILES string of the molecule is Cc1cccc2nc(C[S@@](=O)[C@H](C)c3ncc(C(C)(C)C)o3)cn12. The number of fused-ring (bicyclic) bond motifs is 1. The fourth-order valence-corrected chi connectivity index (χ4v) is 3.49. The molecule has 6 heteroatoms. The number of rotatable bonds is 4. The fraction of sp³-hybridized carbons (Fsp3) is 0.444. The Balaban J connectivity index is 1.78. The number of aromatic nitrogens is 3. The number of imidazole rings is 1. The van der Waals surface area contributed by atoms with Gasteiger partial charge in [-0.2, -0.15) is 0 Å². The summed E-state index contributed by atoms with van der Waals surface area (Å²) in [5, 5.41) is -0.271. The molecule has 3 rings (SSSR count). The molecular formula is C18H23N3O2S. The average Bonchev–Trinajstić information content (AvgIpc) is 3.13. The second-order valence-corrected chi connectivity index (χ2v) is 8.86. The lowest BCUT2D eigenvalue weighted by atomic mass is 9.94. The molecule has 2 atom stereocenters. The van der Waals surface area contributed by atoms with E-state index in [0.717, 1.165) is 22.8 Å². The zero-order chi connectivity index (χ0) is 17.5. The van der Waals surface area contributed by atoms with Crippen LogP contribution in [-0.4, -0.2) is 18.6 Å². The Bertz CT molecular complexity index is 889. The molecule has 3 aromatic heterocycles. The fourth-order valence-electron chi connectivity index (χ4n) is 2.47. The number of oxazole rings is 1. The number of pyridine rings is 1. The average molecular weight is 345 g/mol. The molecule has 3 heterocycles. The number of aryl methyl sites for hydroxylation is 1. The molecule has 24 heavy (non-hydrogen) atoms. The third kappa shape index (κ3) is 3.29. The Morgan fingerprint density at radius 1 is 1.33 bits per heavy atom. The Morgan fingerprint density at radius 2 is 2.08 bits per heavy atom. The first-order valence-corrected chi connectivity index (χ1v) is 9.41. The largest absolute Gasteiger partial charge is 0.444 e. The van der Waals surface area contributed by atoms with Crippen LogP contribution >= 0.6 is 0 Å². The first kappa shape index (κ1) is 16.9. The highest BCUT2D eigenvalue weighted by molar-refractivity contribution is 7.84. The van der Waals surface area contributed by atoms with E-state index in [9.17, 15) is 4.21 Å². The first-order valence-electron chi connectivity index (χ1n) is 8.02. The van der Waals surface area contributed by atoms with E-state index in [-0.39, 0.29) is 10.7 Å². The third-order valence-corrected chi connectivity index (χ3v) is 5.61. The van der Waals surface area contributed by atoms with Crippen molar-refractivity contribution in [3.05, 3.63) is 53.6 Å². The molecule has 0 N–H and O–H groups in total. The van der Waals surface area contributed by atoms with Gasteiger partial charge in [0.2, 0.25) is 5.89 Å². The summed E-state index contributed by atoms with van der Waals surface area (Å²) in [6.45, 7) is 10.1. The molecule has 0 spiro atoms. The van der Waals surface area contributed by atoms with E-state index in [4.69, 9.17) is 4.42 Å². The van der Waals surface area contributed by atoms with Gasteiger partial charge in [0.05, 0.1) is 17.6 Å². The van der Waals surface area contributed by atoms with Crippen LogP contribution in [0.25, 0.3) is 5.65 Å². The van der Waals surface area contributed by atoms with Crippen LogP contribution in [0.15, 0.2) is 35.0 Å². The minimum atomic E-state index is -1.15. The maximum Gasteiger partial charge on any atom is 0.209 e. The lowest BCUT2D eigenvalue weighted by Gasteiger charge is -2.13. The molecule has 0 radical (unpaired) electrons. The molecule has 5 nitrogen and oxygen atoms in total. The Labute approximate surface area is 144 Å². The van der Waals surface area contributed by atoms with Gasteiger partial charge in [-0.15, -0.1) is 0 Å². The van der Waals surface area contributed by atoms with E-state index < -0.39 is 10.8 Å². The van der Waals surface area contributed by atoms with Crippen LogP contribution < -0.4 is 0 Å². The molecule has 0 bridgehead atoms. The lowest BCUT2D eigenvalue weighted by molar-refractivity contribution is 0.382. The van der Waals surface area contributed by atoms with Crippen molar-refractivity contribution in [2.45, 2.75) is 51.0 Å². The Morgan fingerprint density at radius 3 is 2.71 bits per heavy atom. The van der Waals surface area contributed by atoms with E-state index in [0.29, 0.717) is 11.6 Å². The summed E-state index contributed by atoms with van der Waals surface area (Å²) in [6, 6.07) is 5.95. The molecular weight excluding hydrogens is 322 g/mol. The predicted molar refractivity (Wildman–Crippen MR) is 95.4 cm³/mol. The standard InChI is InChI=1S/C18H23N3O2S/c1-12-7-6-8-16-20-14(10-21(12)16)11-24(22)13(2)17-19-9-15(23-17)18(3,4)5/h6-10,13H,11H2,1-5H3/t13-,24-/m1/s1. The smallest absolute Gasteiger partial charge is 0.209 e. The first-order chi connectivity index (χ1) is 11.3. The summed E-state index contributed by atoms with van der Waals surface area (Å²) in [7, 11) is -1.15. The van der Waals surface area contributed by atoms with Gasteiger partial charge in [-0.05, 0) is 26.0 Å². The highest BCUT2D eigenvalue weighted by Crippen LogP contribution is 2.27. The predicted octanol–water partition coefficient (Wildman–Crippen LogP) is 3.94. The van der Waals surface area contributed by atoms with Gasteiger partial charge >= 0.3 is 0 Å². The van der Waals surface area contributed by atoms with Crippen molar-refractivity contribution >= 4 is 16.4 Å². The van der Waals surface area contributed by atoms with E-state index in [1.165, 1.54) is 0 Å². The quantitative estimate of drug-likeness (QED) is 0.718. The highest BCUT2D eigenvalue weighted by atomic mass is 32.2. The summed E-state index contributed by atoms with van der Waals surface area (Å²) >= 11 is 0. The van der Waals surface area contributed by atoms with Crippen LogP contribution in [0.5, 0.6) is 0 Å². The lowest BCUT2D eigenvalue weighted by Crippen LogP contribution is -2.09. The van der Waals surface area contributed by atoms with Gasteiger partial charge in [0.15, 0.2) is 0 Å². The molecule has 0 saturated carbocycles. The zero-order valence-corrected chi connectivity index (χ0v) is 15.6. The molecule has 0 aromatic carbocycles. The highest BCUT2D eigenvalue weighted by Gasteiger charge is 2.24. The van der Waals surface area contributed by atoms with Crippen LogP contribution in [0, 0.1) is 6.92 Å². The van der Waals surface area contributed by atoms with Gasteiger partial charge in [-0.1, -0.05) is 26.8 Å². The molecule has 3 aromatic rings. The molecule has 0 amide bonds. The molecule has 0 unspecified atom stereocenters. The van der Waals surface area contributed by atoms with Gasteiger partial charge in [0.25, 0.3) is 0 Å². The van der Waals surface area contributed by atoms with Crippen LogP contribution in [0.1, 0.15) is 56.0 Å². The van der Waals surface area contributed by atoms with Crippen molar-refractivity contribution in [3.63, 3.8) is 0 Å². The molecule has 0 fully saturated rings. The Hall–Kier alpha value is -1.95. The molecule has 0 saturated heterocycles. The van der Waals surface area contributed by atoms with Crippen molar-refractivity contribution in [2.75, 3.05) is 0 Å². The van der Waals surface area contributed by atoms with Crippen molar-refractivity contribution in [1.29, 1.82) is 0 Å². The van der Waals surface area contributed by atoms with Gasteiger partial charge in [0.1, 0.15) is 16.7 Å². The molecule has 128 valence electrons. The van der Waals surface area contributed by atoms with Crippen LogP contribution in [-0.2, 0) is 22.0 Å². The van der Waals surface area contributed by atoms with Crippen molar-refractivity contribution in [3.8, 4) is 0 Å². The minimum absolute atomic E-state index is 0.106. The normalized spacial score (nSPS) is 14.9. The maximum atomic E-state index is 12.7. The molecule has 0 aliphatic heterocycles. The van der Waals surface area contributed by atoms with E-state index >= 15 is 0 Å². The van der Waals surface area contributed by atoms with Gasteiger partial charge in [-0.25, -0.2) is 9.97 Å². The van der Waals surface area contributed by atoms with E-state index in [1.807, 2.05) is 42.6 Å². The molecule has 0 aliphatic rings. The molecule has 0 aliphatic carbocycles. The van der Waals surface area contributed by atoms with Gasteiger partial charge in [0, 0.05) is 28.1 Å². The maximum absolute atomic E-state index is 12.7. The van der Waals surface area contributed by atoms with Crippen LogP contribution in [0.2, 0.25) is 0 Å². The number of nitrogens with zero attached hydrogens (tertiary/aromatic N) is 3. The summed E-state index contributed by atoms with van der Waals surface area (Å²) in [5.41, 5.74) is 2.69.